The number of hydrogen-bond donors (Lipinski definition) is 1. The van der Waals surface area contributed by atoms with Gasteiger partial charge >= 0.3 is 0 Å². The lowest BCUT2D eigenvalue weighted by molar-refractivity contribution is 0.199. The fraction of sp³-hybridized carbons (Fsp3) is 0.429. The van der Waals surface area contributed by atoms with E-state index in [0.717, 1.165) is 25.4 Å². The van der Waals surface area contributed by atoms with Crippen molar-refractivity contribution in [3.8, 4) is 0 Å². The van der Waals surface area contributed by atoms with Crippen molar-refractivity contribution in [3.63, 3.8) is 0 Å². The summed E-state index contributed by atoms with van der Waals surface area (Å²) < 4.78 is 4.99. The summed E-state index contributed by atoms with van der Waals surface area (Å²) >= 11 is 1.83. The largest absolute Gasteiger partial charge is 0.383 e. The van der Waals surface area contributed by atoms with Gasteiger partial charge in [0, 0.05) is 30.8 Å². The minimum atomic E-state index is 0.754. The first kappa shape index (κ1) is 14.3. The maximum absolute atomic E-state index is 4.99. The molecule has 0 radical (unpaired) electrons. The zero-order valence-electron chi connectivity index (χ0n) is 10.7. The molecule has 0 aliphatic rings. The molecule has 1 aromatic carbocycles. The summed E-state index contributed by atoms with van der Waals surface area (Å²) in [6.07, 6.45) is 0. The Hall–Kier alpha value is -0.770. The summed E-state index contributed by atoms with van der Waals surface area (Å²) in [6.45, 7) is 8.51. The fourth-order valence-corrected chi connectivity index (χ4v) is 2.18. The molecule has 0 heterocycles. The molecule has 1 aromatic rings. The van der Waals surface area contributed by atoms with Crippen LogP contribution in [0.25, 0.3) is 0 Å². The Balaban J connectivity index is 2.39. The average Bonchev–Trinajstić information content (AvgIpc) is 2.33. The summed E-state index contributed by atoms with van der Waals surface area (Å²) in [6, 6.07) is 8.62. The maximum Gasteiger partial charge on any atom is 0.0587 e. The second-order valence-corrected chi connectivity index (χ2v) is 5.11. The third-order valence-electron chi connectivity index (χ3n) is 2.20. The Bertz CT molecular complexity index is 352. The Kier molecular flexibility index (Phi) is 7.01. The van der Waals surface area contributed by atoms with Crippen molar-refractivity contribution in [1.29, 1.82) is 0 Å². The lowest BCUT2D eigenvalue weighted by Gasteiger charge is -2.06. The van der Waals surface area contributed by atoms with E-state index in [1.807, 2.05) is 11.8 Å². The van der Waals surface area contributed by atoms with Crippen LogP contribution in [0.5, 0.6) is 0 Å². The van der Waals surface area contributed by atoms with Gasteiger partial charge in [-0.1, -0.05) is 24.3 Å². The molecule has 0 aliphatic carbocycles. The standard InChI is InChI=1S/C14H21NOS/c1-12(2)11-17-14-6-4-5-13(9-14)10-15-7-8-16-3/h4-6,9,15H,1,7-8,10-11H2,2-3H3. The lowest BCUT2D eigenvalue weighted by Crippen LogP contribution is -2.18. The van der Waals surface area contributed by atoms with Crippen LogP contribution in [0.3, 0.4) is 0 Å². The van der Waals surface area contributed by atoms with Gasteiger partial charge in [-0.15, -0.1) is 11.8 Å². The Labute approximate surface area is 108 Å². The second-order valence-electron chi connectivity index (χ2n) is 4.06. The molecule has 0 saturated heterocycles. The van der Waals surface area contributed by atoms with E-state index in [1.165, 1.54) is 16.0 Å². The van der Waals surface area contributed by atoms with Crippen LogP contribution in [0.2, 0.25) is 0 Å². The molecule has 0 aromatic heterocycles. The van der Waals surface area contributed by atoms with Crippen molar-refractivity contribution in [3.05, 3.63) is 42.0 Å². The van der Waals surface area contributed by atoms with Crippen LogP contribution >= 0.6 is 11.8 Å². The number of rotatable bonds is 8. The molecule has 1 rings (SSSR count). The van der Waals surface area contributed by atoms with Crippen LogP contribution < -0.4 is 5.32 Å². The number of nitrogens with one attached hydrogen (secondary N) is 1. The predicted molar refractivity (Wildman–Crippen MR) is 75.6 cm³/mol. The Morgan fingerprint density at radius 3 is 3.00 bits per heavy atom. The monoisotopic (exact) mass is 251 g/mol. The second kappa shape index (κ2) is 8.34. The van der Waals surface area contributed by atoms with Crippen LogP contribution in [0, 0.1) is 0 Å². The fourth-order valence-electron chi connectivity index (χ4n) is 1.36. The highest BCUT2D eigenvalue weighted by Crippen LogP contribution is 2.20. The Morgan fingerprint density at radius 1 is 1.47 bits per heavy atom. The Morgan fingerprint density at radius 2 is 2.29 bits per heavy atom. The minimum Gasteiger partial charge on any atom is -0.383 e. The summed E-state index contributed by atoms with van der Waals surface area (Å²) in [5.41, 5.74) is 2.52. The van der Waals surface area contributed by atoms with Crippen molar-refractivity contribution in [1.82, 2.24) is 5.32 Å². The highest BCUT2D eigenvalue weighted by atomic mass is 32.2. The number of benzene rings is 1. The summed E-state index contributed by atoms with van der Waals surface area (Å²) in [7, 11) is 1.72. The summed E-state index contributed by atoms with van der Waals surface area (Å²) in [5.74, 6) is 0.987. The van der Waals surface area contributed by atoms with E-state index in [2.05, 4.69) is 43.1 Å². The van der Waals surface area contributed by atoms with Crippen LogP contribution in [0.15, 0.2) is 41.3 Å². The van der Waals surface area contributed by atoms with Gasteiger partial charge in [0.2, 0.25) is 0 Å². The van der Waals surface area contributed by atoms with E-state index in [-0.39, 0.29) is 0 Å². The SMILES string of the molecule is C=C(C)CSc1cccc(CNCCOC)c1. The minimum absolute atomic E-state index is 0.754. The number of ether oxygens (including phenoxy) is 1. The van der Waals surface area contributed by atoms with E-state index in [4.69, 9.17) is 4.74 Å². The van der Waals surface area contributed by atoms with E-state index in [0.29, 0.717) is 0 Å². The molecule has 94 valence electrons. The molecule has 0 bridgehead atoms. The van der Waals surface area contributed by atoms with Crippen LogP contribution in [0.1, 0.15) is 12.5 Å². The molecule has 0 atom stereocenters. The lowest BCUT2D eigenvalue weighted by atomic mass is 10.2. The van der Waals surface area contributed by atoms with Crippen molar-refractivity contribution < 1.29 is 4.74 Å². The van der Waals surface area contributed by atoms with Gasteiger partial charge in [-0.2, -0.15) is 0 Å². The maximum atomic E-state index is 4.99. The van der Waals surface area contributed by atoms with Crippen molar-refractivity contribution in [2.75, 3.05) is 26.0 Å². The van der Waals surface area contributed by atoms with Gasteiger partial charge in [-0.05, 0) is 24.6 Å². The topological polar surface area (TPSA) is 21.3 Å². The van der Waals surface area contributed by atoms with Gasteiger partial charge in [0.05, 0.1) is 6.61 Å². The normalized spacial score (nSPS) is 10.5. The van der Waals surface area contributed by atoms with E-state index in [1.54, 1.807) is 7.11 Å². The molecule has 17 heavy (non-hydrogen) atoms. The van der Waals surface area contributed by atoms with Gasteiger partial charge in [0.15, 0.2) is 0 Å². The number of thioether (sulfide) groups is 1. The summed E-state index contributed by atoms with van der Waals surface area (Å²) in [4.78, 5) is 1.30. The molecule has 0 aliphatic heterocycles. The first-order valence-electron chi connectivity index (χ1n) is 5.78. The zero-order chi connectivity index (χ0) is 12.5. The highest BCUT2D eigenvalue weighted by molar-refractivity contribution is 7.99. The average molecular weight is 251 g/mol. The van der Waals surface area contributed by atoms with Crippen molar-refractivity contribution >= 4 is 11.8 Å². The third-order valence-corrected chi connectivity index (χ3v) is 3.42. The quantitative estimate of drug-likeness (QED) is 0.436. The third kappa shape index (κ3) is 6.51. The van der Waals surface area contributed by atoms with Crippen LogP contribution in [-0.2, 0) is 11.3 Å². The van der Waals surface area contributed by atoms with Gasteiger partial charge in [-0.25, -0.2) is 0 Å². The zero-order valence-corrected chi connectivity index (χ0v) is 11.5. The number of hydrogen-bond acceptors (Lipinski definition) is 3. The molecule has 1 N–H and O–H groups in total. The summed E-state index contributed by atoms with van der Waals surface area (Å²) in [5, 5.41) is 3.34. The van der Waals surface area contributed by atoms with Gasteiger partial charge in [0.1, 0.15) is 0 Å². The van der Waals surface area contributed by atoms with Crippen LogP contribution in [-0.4, -0.2) is 26.0 Å². The number of methoxy groups -OCH3 is 1. The predicted octanol–water partition coefficient (Wildman–Crippen LogP) is 3.09. The van der Waals surface area contributed by atoms with E-state index >= 15 is 0 Å². The molecular weight excluding hydrogens is 230 g/mol. The van der Waals surface area contributed by atoms with Gasteiger partial charge in [-0.3, -0.25) is 0 Å². The molecule has 0 fully saturated rings. The smallest absolute Gasteiger partial charge is 0.0587 e. The molecule has 0 saturated carbocycles. The first-order chi connectivity index (χ1) is 8.22. The molecule has 0 unspecified atom stereocenters. The van der Waals surface area contributed by atoms with Crippen molar-refractivity contribution in [2.45, 2.75) is 18.4 Å². The van der Waals surface area contributed by atoms with E-state index < -0.39 is 0 Å². The first-order valence-corrected chi connectivity index (χ1v) is 6.76. The molecule has 3 heteroatoms. The van der Waals surface area contributed by atoms with E-state index in [9.17, 15) is 0 Å². The van der Waals surface area contributed by atoms with Crippen molar-refractivity contribution in [2.24, 2.45) is 0 Å². The van der Waals surface area contributed by atoms with Crippen LogP contribution in [0.4, 0.5) is 0 Å². The molecule has 0 amide bonds. The molecule has 0 spiro atoms. The molecular formula is C14H21NOS. The van der Waals surface area contributed by atoms with Gasteiger partial charge in [0.25, 0.3) is 0 Å². The highest BCUT2D eigenvalue weighted by Gasteiger charge is 1.97. The van der Waals surface area contributed by atoms with Gasteiger partial charge < -0.3 is 10.1 Å². The molecule has 2 nitrogen and oxygen atoms in total.